The molecule has 7 heteroatoms. The highest BCUT2D eigenvalue weighted by Crippen LogP contribution is 2.09. The lowest BCUT2D eigenvalue weighted by Crippen LogP contribution is -2.35. The Morgan fingerprint density at radius 3 is 2.83 bits per heavy atom. The summed E-state index contributed by atoms with van der Waals surface area (Å²) in [4.78, 5) is 38.3. The van der Waals surface area contributed by atoms with E-state index in [1.54, 1.807) is 11.1 Å². The molecule has 23 heavy (non-hydrogen) atoms. The number of aromatic nitrogens is 3. The van der Waals surface area contributed by atoms with Crippen molar-refractivity contribution in [2.75, 3.05) is 26.2 Å². The van der Waals surface area contributed by atoms with E-state index >= 15 is 0 Å². The zero-order valence-electron chi connectivity index (χ0n) is 12.8. The Hall–Kier alpha value is -2.54. The fourth-order valence-corrected chi connectivity index (χ4v) is 2.67. The number of hydrogen-bond acceptors (Lipinski definition) is 5. The monoisotopic (exact) mass is 313 g/mol. The summed E-state index contributed by atoms with van der Waals surface area (Å²) in [6.45, 7) is 3.86. The first-order valence-corrected chi connectivity index (χ1v) is 7.68. The zero-order valence-corrected chi connectivity index (χ0v) is 12.8. The summed E-state index contributed by atoms with van der Waals surface area (Å²) in [7, 11) is 0. The Morgan fingerprint density at radius 1 is 1.17 bits per heavy atom. The molecule has 120 valence electrons. The number of nitrogens with one attached hydrogen (secondary N) is 1. The van der Waals surface area contributed by atoms with E-state index in [0.717, 1.165) is 37.9 Å². The molecule has 0 radical (unpaired) electrons. The van der Waals surface area contributed by atoms with Crippen molar-refractivity contribution in [3.05, 3.63) is 58.5 Å². The van der Waals surface area contributed by atoms with Gasteiger partial charge in [0.25, 0.3) is 11.5 Å². The lowest BCUT2D eigenvalue weighted by Gasteiger charge is -2.21. The second-order valence-corrected chi connectivity index (χ2v) is 5.54. The van der Waals surface area contributed by atoms with Crippen LogP contribution in [-0.2, 0) is 6.54 Å². The minimum Gasteiger partial charge on any atom is -0.336 e. The third-order valence-corrected chi connectivity index (χ3v) is 3.88. The van der Waals surface area contributed by atoms with Crippen LogP contribution in [0.3, 0.4) is 0 Å². The normalized spacial score (nSPS) is 16.1. The van der Waals surface area contributed by atoms with Gasteiger partial charge >= 0.3 is 0 Å². The maximum atomic E-state index is 12.4. The van der Waals surface area contributed by atoms with Gasteiger partial charge in [0.1, 0.15) is 5.69 Å². The fourth-order valence-electron chi connectivity index (χ4n) is 2.67. The van der Waals surface area contributed by atoms with Gasteiger partial charge in [-0.25, -0.2) is 4.98 Å². The minimum absolute atomic E-state index is 0.138. The summed E-state index contributed by atoms with van der Waals surface area (Å²) < 4.78 is 0. The topological polar surface area (TPSA) is 82.2 Å². The van der Waals surface area contributed by atoms with Crippen LogP contribution in [0.15, 0.2) is 41.6 Å². The molecule has 1 saturated heterocycles. The molecule has 0 saturated carbocycles. The molecule has 0 atom stereocenters. The predicted octanol–water partition coefficient (Wildman–Crippen LogP) is 0.513. The van der Waals surface area contributed by atoms with Crippen LogP contribution in [0.25, 0.3) is 0 Å². The van der Waals surface area contributed by atoms with E-state index < -0.39 is 0 Å². The summed E-state index contributed by atoms with van der Waals surface area (Å²) in [5.41, 5.74) is 1.01. The van der Waals surface area contributed by atoms with Crippen LogP contribution in [-0.4, -0.2) is 56.8 Å². The molecule has 3 rings (SSSR count). The smallest absolute Gasteiger partial charge is 0.274 e. The highest BCUT2D eigenvalue weighted by Gasteiger charge is 2.21. The van der Waals surface area contributed by atoms with E-state index in [9.17, 15) is 9.59 Å². The first kappa shape index (κ1) is 15.4. The number of pyridine rings is 1. The SMILES string of the molecule is O=C(c1c[nH]c(=O)cn1)N1CCCN(Cc2ccccn2)CC1. The lowest BCUT2D eigenvalue weighted by atomic mass is 10.3. The average molecular weight is 313 g/mol. The molecule has 7 nitrogen and oxygen atoms in total. The Labute approximate surface area is 134 Å². The molecule has 1 N–H and O–H groups in total. The van der Waals surface area contributed by atoms with Gasteiger partial charge in [0.05, 0.1) is 11.9 Å². The maximum absolute atomic E-state index is 12.4. The molecule has 1 amide bonds. The standard InChI is InChI=1S/C16H19N5O2/c22-15-11-18-14(10-19-15)16(23)21-7-3-6-20(8-9-21)12-13-4-1-2-5-17-13/h1-2,4-5,10-11H,3,6-9,12H2,(H,19,22). The Kier molecular flexibility index (Phi) is 4.77. The summed E-state index contributed by atoms with van der Waals surface area (Å²) in [5.74, 6) is -0.138. The van der Waals surface area contributed by atoms with Gasteiger partial charge in [0.2, 0.25) is 0 Å². The van der Waals surface area contributed by atoms with Gasteiger partial charge in [-0.05, 0) is 18.6 Å². The fraction of sp³-hybridized carbons (Fsp3) is 0.375. The van der Waals surface area contributed by atoms with E-state index in [1.807, 2.05) is 18.2 Å². The number of rotatable bonds is 3. The molecule has 0 aliphatic carbocycles. The van der Waals surface area contributed by atoms with Crippen LogP contribution in [0, 0.1) is 0 Å². The van der Waals surface area contributed by atoms with Crippen LogP contribution in [0.4, 0.5) is 0 Å². The Balaban J connectivity index is 1.60. The molecular weight excluding hydrogens is 294 g/mol. The van der Waals surface area contributed by atoms with E-state index in [2.05, 4.69) is 19.9 Å². The van der Waals surface area contributed by atoms with Crippen LogP contribution >= 0.6 is 0 Å². The highest BCUT2D eigenvalue weighted by molar-refractivity contribution is 5.91. The molecule has 1 aliphatic heterocycles. The quantitative estimate of drug-likeness (QED) is 0.893. The van der Waals surface area contributed by atoms with Crippen LogP contribution in [0.5, 0.6) is 0 Å². The molecule has 0 aromatic carbocycles. The summed E-state index contributed by atoms with van der Waals surface area (Å²) >= 11 is 0. The molecule has 2 aromatic rings. The Morgan fingerprint density at radius 2 is 2.09 bits per heavy atom. The summed E-state index contributed by atoms with van der Waals surface area (Å²) in [5, 5.41) is 0. The number of aromatic amines is 1. The van der Waals surface area contributed by atoms with E-state index in [4.69, 9.17) is 0 Å². The van der Waals surface area contributed by atoms with Crippen molar-refractivity contribution >= 4 is 5.91 Å². The predicted molar refractivity (Wildman–Crippen MR) is 84.9 cm³/mol. The molecule has 2 aromatic heterocycles. The molecule has 3 heterocycles. The number of amides is 1. The van der Waals surface area contributed by atoms with E-state index in [-0.39, 0.29) is 17.2 Å². The van der Waals surface area contributed by atoms with Gasteiger partial charge in [0, 0.05) is 45.1 Å². The molecule has 1 fully saturated rings. The number of carbonyl (C=O) groups excluding carboxylic acids is 1. The lowest BCUT2D eigenvalue weighted by molar-refractivity contribution is 0.0754. The van der Waals surface area contributed by atoms with Gasteiger partial charge in [-0.2, -0.15) is 0 Å². The average Bonchev–Trinajstić information content (AvgIpc) is 2.81. The van der Waals surface area contributed by atoms with Gasteiger partial charge in [0.15, 0.2) is 0 Å². The third kappa shape index (κ3) is 4.01. The van der Waals surface area contributed by atoms with Gasteiger partial charge in [-0.1, -0.05) is 6.07 Å². The molecule has 1 aliphatic rings. The number of hydrogen-bond donors (Lipinski definition) is 1. The second-order valence-electron chi connectivity index (χ2n) is 5.54. The van der Waals surface area contributed by atoms with Crippen LogP contribution < -0.4 is 5.56 Å². The van der Waals surface area contributed by atoms with Crippen molar-refractivity contribution in [3.8, 4) is 0 Å². The summed E-state index contributed by atoms with van der Waals surface area (Å²) in [6.07, 6.45) is 5.21. The van der Waals surface area contributed by atoms with Crippen molar-refractivity contribution in [2.24, 2.45) is 0 Å². The van der Waals surface area contributed by atoms with Crippen molar-refractivity contribution in [1.82, 2.24) is 24.8 Å². The van der Waals surface area contributed by atoms with Crippen LogP contribution in [0.1, 0.15) is 22.6 Å². The molecule has 0 bridgehead atoms. The third-order valence-electron chi connectivity index (χ3n) is 3.88. The van der Waals surface area contributed by atoms with E-state index in [1.165, 1.54) is 6.20 Å². The van der Waals surface area contributed by atoms with Crippen molar-refractivity contribution < 1.29 is 4.79 Å². The number of nitrogens with zero attached hydrogens (tertiary/aromatic N) is 4. The largest absolute Gasteiger partial charge is 0.336 e. The second kappa shape index (κ2) is 7.15. The molecular formula is C16H19N5O2. The molecule has 0 spiro atoms. The molecule has 0 unspecified atom stereocenters. The maximum Gasteiger partial charge on any atom is 0.274 e. The van der Waals surface area contributed by atoms with Crippen molar-refractivity contribution in [1.29, 1.82) is 0 Å². The first-order valence-electron chi connectivity index (χ1n) is 7.68. The number of H-pyrrole nitrogens is 1. The van der Waals surface area contributed by atoms with Crippen molar-refractivity contribution in [2.45, 2.75) is 13.0 Å². The van der Waals surface area contributed by atoms with Gasteiger partial charge in [-0.3, -0.25) is 19.5 Å². The zero-order chi connectivity index (χ0) is 16.1. The summed E-state index contributed by atoms with van der Waals surface area (Å²) in [6, 6.07) is 5.90. The van der Waals surface area contributed by atoms with Gasteiger partial charge in [-0.15, -0.1) is 0 Å². The highest BCUT2D eigenvalue weighted by atomic mass is 16.2. The minimum atomic E-state index is -0.307. The van der Waals surface area contributed by atoms with Crippen molar-refractivity contribution in [3.63, 3.8) is 0 Å². The first-order chi connectivity index (χ1) is 11.2. The van der Waals surface area contributed by atoms with Crippen LogP contribution in [0.2, 0.25) is 0 Å². The van der Waals surface area contributed by atoms with Gasteiger partial charge < -0.3 is 9.88 Å². The Bertz CT molecular complexity index is 695. The van der Waals surface area contributed by atoms with E-state index in [0.29, 0.717) is 13.1 Å². The number of carbonyl (C=O) groups is 1.